The van der Waals surface area contributed by atoms with E-state index in [-0.39, 0.29) is 11.3 Å². The van der Waals surface area contributed by atoms with Gasteiger partial charge in [0.05, 0.1) is 16.9 Å². The van der Waals surface area contributed by atoms with Crippen LogP contribution in [0.25, 0.3) is 11.3 Å². The van der Waals surface area contributed by atoms with Crippen molar-refractivity contribution in [2.45, 2.75) is 16.1 Å². The van der Waals surface area contributed by atoms with Crippen molar-refractivity contribution in [3.63, 3.8) is 0 Å². The van der Waals surface area contributed by atoms with Crippen molar-refractivity contribution in [1.82, 2.24) is 9.97 Å². The monoisotopic (exact) mass is 481 g/mol. The van der Waals surface area contributed by atoms with E-state index in [0.29, 0.717) is 18.3 Å². The molecule has 14 heteroatoms. The maximum absolute atomic E-state index is 13.0. The van der Waals surface area contributed by atoms with Crippen LogP contribution in [0.15, 0.2) is 30.6 Å². The van der Waals surface area contributed by atoms with Gasteiger partial charge in [-0.15, -0.1) is 0 Å². The first-order chi connectivity index (χ1) is 13.2. The number of rotatable bonds is 3. The summed E-state index contributed by atoms with van der Waals surface area (Å²) in [5.41, 5.74) is -3.33. The fourth-order valence-corrected chi connectivity index (χ4v) is 2.10. The number of carbonyl (C=O) groups excluding carboxylic acids is 1. The molecule has 2 heterocycles. The molecule has 0 fully saturated rings. The summed E-state index contributed by atoms with van der Waals surface area (Å²) in [6, 6.07) is 2.07. The van der Waals surface area contributed by atoms with Crippen molar-refractivity contribution in [2.75, 3.05) is 11.9 Å². The lowest BCUT2D eigenvalue weighted by Crippen LogP contribution is -2.22. The highest BCUT2D eigenvalue weighted by Gasteiger charge is 2.34. The molecular weight excluding hydrogens is 475 g/mol. The van der Waals surface area contributed by atoms with Crippen LogP contribution in [0.2, 0.25) is 0 Å². The number of halogens is 9. The van der Waals surface area contributed by atoms with E-state index < -0.39 is 45.8 Å². The molecule has 0 aromatic carbocycles. The molecule has 0 aliphatic rings. The SMILES string of the molecule is O=C(Nc1cc(C(F)(F)F)cnc1-c1ccc(C(F)(F)F)nc1)OCC(Cl)(Cl)Cl. The zero-order chi connectivity index (χ0) is 22.0. The van der Waals surface area contributed by atoms with Gasteiger partial charge in [0.25, 0.3) is 0 Å². The number of ether oxygens (including phenoxy) is 1. The van der Waals surface area contributed by atoms with Gasteiger partial charge in [-0.3, -0.25) is 15.3 Å². The normalized spacial score (nSPS) is 12.6. The third-order valence-electron chi connectivity index (χ3n) is 3.15. The first-order valence-corrected chi connectivity index (χ1v) is 8.41. The van der Waals surface area contributed by atoms with Crippen molar-refractivity contribution in [3.05, 3.63) is 41.9 Å². The number of hydrogen-bond donors (Lipinski definition) is 1. The van der Waals surface area contributed by atoms with E-state index in [2.05, 4.69) is 14.7 Å². The molecule has 0 bridgehead atoms. The number of aromatic nitrogens is 2. The van der Waals surface area contributed by atoms with Gasteiger partial charge in [-0.25, -0.2) is 4.79 Å². The zero-order valence-electron chi connectivity index (χ0n) is 13.7. The van der Waals surface area contributed by atoms with Gasteiger partial charge in [-0.05, 0) is 18.2 Å². The minimum atomic E-state index is -4.80. The van der Waals surface area contributed by atoms with Gasteiger partial charge in [-0.2, -0.15) is 26.3 Å². The first kappa shape index (κ1) is 23.3. The van der Waals surface area contributed by atoms with Crippen molar-refractivity contribution in [1.29, 1.82) is 0 Å². The van der Waals surface area contributed by atoms with Crippen LogP contribution in [0.4, 0.5) is 36.8 Å². The average Bonchev–Trinajstić information content (AvgIpc) is 2.58. The summed E-state index contributed by atoms with van der Waals surface area (Å²) >= 11 is 16.2. The Balaban J connectivity index is 2.40. The van der Waals surface area contributed by atoms with E-state index in [1.807, 2.05) is 5.32 Å². The van der Waals surface area contributed by atoms with Crippen molar-refractivity contribution >= 4 is 46.6 Å². The molecule has 0 spiro atoms. The van der Waals surface area contributed by atoms with Gasteiger partial charge in [-0.1, -0.05) is 34.8 Å². The third-order valence-corrected chi connectivity index (χ3v) is 3.47. The molecule has 0 aliphatic heterocycles. The third kappa shape index (κ3) is 6.79. The zero-order valence-corrected chi connectivity index (χ0v) is 16.0. The summed E-state index contributed by atoms with van der Waals surface area (Å²) in [7, 11) is 0. The lowest BCUT2D eigenvalue weighted by molar-refractivity contribution is -0.141. The van der Waals surface area contributed by atoms with Crippen LogP contribution in [0, 0.1) is 0 Å². The quantitative estimate of drug-likeness (QED) is 0.424. The second kappa shape index (κ2) is 8.41. The van der Waals surface area contributed by atoms with E-state index in [9.17, 15) is 31.1 Å². The fraction of sp³-hybridized carbons (Fsp3) is 0.267. The lowest BCUT2D eigenvalue weighted by atomic mass is 10.1. The topological polar surface area (TPSA) is 64.1 Å². The largest absolute Gasteiger partial charge is 0.445 e. The minimum absolute atomic E-state index is 0.0941. The molecule has 2 aromatic heterocycles. The molecule has 0 radical (unpaired) electrons. The highest BCUT2D eigenvalue weighted by Crippen LogP contribution is 2.35. The van der Waals surface area contributed by atoms with Crippen LogP contribution in [-0.4, -0.2) is 26.5 Å². The second-order valence-electron chi connectivity index (χ2n) is 5.36. The van der Waals surface area contributed by atoms with Gasteiger partial charge in [0.15, 0.2) is 0 Å². The molecule has 1 amide bonds. The summed E-state index contributed by atoms with van der Waals surface area (Å²) in [5, 5.41) is 1.99. The Labute approximate surface area is 173 Å². The molecule has 158 valence electrons. The summed E-state index contributed by atoms with van der Waals surface area (Å²) in [4.78, 5) is 18.6. The summed E-state index contributed by atoms with van der Waals surface area (Å²) in [6.45, 7) is -0.715. The number of amides is 1. The maximum atomic E-state index is 13.0. The predicted molar refractivity (Wildman–Crippen MR) is 92.7 cm³/mol. The number of nitrogens with zero attached hydrogens (tertiary/aromatic N) is 2. The van der Waals surface area contributed by atoms with E-state index in [4.69, 9.17) is 34.8 Å². The Bertz CT molecular complexity index is 883. The van der Waals surface area contributed by atoms with Gasteiger partial charge < -0.3 is 4.74 Å². The second-order valence-corrected chi connectivity index (χ2v) is 7.88. The van der Waals surface area contributed by atoms with E-state index in [1.54, 1.807) is 0 Å². The Morgan fingerprint density at radius 3 is 2.14 bits per heavy atom. The lowest BCUT2D eigenvalue weighted by Gasteiger charge is -2.15. The Morgan fingerprint density at radius 1 is 1.00 bits per heavy atom. The standard InChI is InChI=1S/C15H8Cl3F6N3O2/c16-13(17,18)6-29-12(28)27-9-3-8(14(19,20)21)5-26-11(9)7-1-2-10(25-4-7)15(22,23)24/h1-5H,6H2,(H,27,28). The molecule has 2 aromatic rings. The summed E-state index contributed by atoms with van der Waals surface area (Å²) in [5.74, 6) is 0. The molecule has 1 N–H and O–H groups in total. The molecule has 29 heavy (non-hydrogen) atoms. The minimum Gasteiger partial charge on any atom is -0.445 e. The smallest absolute Gasteiger partial charge is 0.433 e. The number of anilines is 1. The summed E-state index contributed by atoms with van der Waals surface area (Å²) in [6.07, 6.45) is -9.60. The molecular formula is C15H8Cl3F6N3O2. The molecule has 0 saturated heterocycles. The first-order valence-electron chi connectivity index (χ1n) is 7.28. The molecule has 0 atom stereocenters. The van der Waals surface area contributed by atoms with Crippen LogP contribution in [0.3, 0.4) is 0 Å². The Morgan fingerprint density at radius 2 is 1.66 bits per heavy atom. The van der Waals surface area contributed by atoms with Gasteiger partial charge >= 0.3 is 18.4 Å². The van der Waals surface area contributed by atoms with Crippen molar-refractivity contribution in [3.8, 4) is 11.3 Å². The van der Waals surface area contributed by atoms with E-state index in [1.165, 1.54) is 0 Å². The number of carbonyl (C=O) groups is 1. The van der Waals surface area contributed by atoms with Crippen LogP contribution in [0.1, 0.15) is 11.3 Å². The number of alkyl halides is 9. The predicted octanol–water partition coefficient (Wildman–Crippen LogP) is 6.10. The molecule has 0 unspecified atom stereocenters. The Kier molecular flexibility index (Phi) is 6.75. The van der Waals surface area contributed by atoms with Gasteiger partial charge in [0.1, 0.15) is 12.3 Å². The van der Waals surface area contributed by atoms with Crippen LogP contribution in [0.5, 0.6) is 0 Å². The fourth-order valence-electron chi connectivity index (χ4n) is 1.94. The summed E-state index contributed by atoms with van der Waals surface area (Å²) < 4.78 is 79.4. The highest BCUT2D eigenvalue weighted by atomic mass is 35.6. The molecule has 0 aliphatic carbocycles. The number of nitrogens with one attached hydrogen (secondary N) is 1. The molecule has 0 saturated carbocycles. The number of hydrogen-bond acceptors (Lipinski definition) is 4. The Hall–Kier alpha value is -1.98. The van der Waals surface area contributed by atoms with Gasteiger partial charge in [0, 0.05) is 18.0 Å². The maximum Gasteiger partial charge on any atom is 0.433 e. The highest BCUT2D eigenvalue weighted by molar-refractivity contribution is 6.67. The number of pyridine rings is 2. The van der Waals surface area contributed by atoms with Crippen LogP contribution >= 0.6 is 34.8 Å². The van der Waals surface area contributed by atoms with E-state index in [0.717, 1.165) is 12.3 Å². The average molecular weight is 483 g/mol. The van der Waals surface area contributed by atoms with Crippen LogP contribution in [-0.2, 0) is 17.1 Å². The van der Waals surface area contributed by atoms with E-state index >= 15 is 0 Å². The van der Waals surface area contributed by atoms with Crippen molar-refractivity contribution in [2.24, 2.45) is 0 Å². The van der Waals surface area contributed by atoms with Crippen molar-refractivity contribution < 1.29 is 35.9 Å². The van der Waals surface area contributed by atoms with Crippen LogP contribution < -0.4 is 5.32 Å². The van der Waals surface area contributed by atoms with Gasteiger partial charge in [0.2, 0.25) is 3.79 Å². The molecule has 5 nitrogen and oxygen atoms in total. The molecule has 2 rings (SSSR count).